The highest BCUT2D eigenvalue weighted by Crippen LogP contribution is 2.33. The number of aryl methyl sites for hydroxylation is 1. The van der Waals surface area contributed by atoms with E-state index in [1.807, 2.05) is 64.4 Å². The molecular formula is C34H52N4O4S. The number of nitrogens with zero attached hydrogens (tertiary/aromatic N) is 2. The van der Waals surface area contributed by atoms with Crippen molar-refractivity contribution < 1.29 is 19.5 Å². The average Bonchev–Trinajstić information content (AvgIpc) is 3.52. The molecule has 3 rings (SSSR count). The first-order chi connectivity index (χ1) is 20.4. The molecule has 1 aromatic carbocycles. The number of likely N-dealkylation sites (tertiary alicyclic amines) is 1. The Kier molecular flexibility index (Phi) is 12.8. The van der Waals surface area contributed by atoms with E-state index in [-0.39, 0.29) is 49.1 Å². The summed E-state index contributed by atoms with van der Waals surface area (Å²) in [6.45, 7) is 11.9. The van der Waals surface area contributed by atoms with Crippen molar-refractivity contribution in [2.75, 3.05) is 6.54 Å². The van der Waals surface area contributed by atoms with Gasteiger partial charge in [0.05, 0.1) is 28.2 Å². The minimum atomic E-state index is -1.65. The molecule has 3 amide bonds. The zero-order chi connectivity index (χ0) is 31.6. The van der Waals surface area contributed by atoms with Crippen molar-refractivity contribution in [2.24, 2.45) is 5.41 Å². The molecule has 1 fully saturated rings. The molecule has 1 aromatic heterocycles. The van der Waals surface area contributed by atoms with E-state index in [1.165, 1.54) is 30.6 Å². The van der Waals surface area contributed by atoms with Gasteiger partial charge in [-0.15, -0.1) is 11.3 Å². The fourth-order valence-electron chi connectivity index (χ4n) is 5.75. The van der Waals surface area contributed by atoms with Crippen LogP contribution in [0.3, 0.4) is 0 Å². The first-order valence-corrected chi connectivity index (χ1v) is 16.8. The van der Waals surface area contributed by atoms with Crippen LogP contribution in [0.2, 0.25) is 0 Å². The Morgan fingerprint density at radius 3 is 2.28 bits per heavy atom. The summed E-state index contributed by atoms with van der Waals surface area (Å²) in [4.78, 5) is 47.7. The third-order valence-electron chi connectivity index (χ3n) is 8.11. The Morgan fingerprint density at radius 2 is 1.70 bits per heavy atom. The van der Waals surface area contributed by atoms with Crippen LogP contribution in [0.5, 0.6) is 0 Å². The Morgan fingerprint density at radius 1 is 1.07 bits per heavy atom. The van der Waals surface area contributed by atoms with Gasteiger partial charge in [0.25, 0.3) is 5.91 Å². The number of thiazole rings is 1. The predicted molar refractivity (Wildman–Crippen MR) is 173 cm³/mol. The first-order valence-electron chi connectivity index (χ1n) is 16.0. The van der Waals surface area contributed by atoms with Crippen molar-refractivity contribution in [3.63, 3.8) is 0 Å². The second-order valence-corrected chi connectivity index (χ2v) is 14.2. The summed E-state index contributed by atoms with van der Waals surface area (Å²) >= 11 is 1.59. The molecule has 0 bridgehead atoms. The number of hydrogen-bond donors (Lipinski definition) is 3. The molecule has 2 aromatic rings. The number of benzene rings is 1. The van der Waals surface area contributed by atoms with Crippen LogP contribution in [0.25, 0.3) is 10.4 Å². The van der Waals surface area contributed by atoms with Crippen LogP contribution in [0, 0.1) is 12.3 Å². The van der Waals surface area contributed by atoms with Crippen molar-refractivity contribution in [3.05, 3.63) is 41.0 Å². The maximum absolute atomic E-state index is 14.1. The molecule has 43 heavy (non-hydrogen) atoms. The highest BCUT2D eigenvalue weighted by Gasteiger charge is 2.54. The molecular weight excluding hydrogens is 560 g/mol. The van der Waals surface area contributed by atoms with Gasteiger partial charge < -0.3 is 20.6 Å². The molecule has 2 unspecified atom stereocenters. The van der Waals surface area contributed by atoms with Gasteiger partial charge in [0.1, 0.15) is 0 Å². The minimum absolute atomic E-state index is 0.00233. The van der Waals surface area contributed by atoms with Crippen LogP contribution in [0.15, 0.2) is 29.8 Å². The first kappa shape index (κ1) is 34.7. The number of nitrogens with one attached hydrogen (secondary N) is 2. The summed E-state index contributed by atoms with van der Waals surface area (Å²) in [6.07, 6.45) is 8.36. The minimum Gasteiger partial charge on any atom is -0.391 e. The topological polar surface area (TPSA) is 112 Å². The Labute approximate surface area is 262 Å². The fourth-order valence-corrected chi connectivity index (χ4v) is 6.56. The van der Waals surface area contributed by atoms with Crippen LogP contribution >= 0.6 is 11.3 Å². The van der Waals surface area contributed by atoms with Crippen LogP contribution in [-0.2, 0) is 14.4 Å². The van der Waals surface area contributed by atoms with E-state index in [1.54, 1.807) is 11.3 Å². The van der Waals surface area contributed by atoms with Gasteiger partial charge in [0.15, 0.2) is 5.66 Å². The van der Waals surface area contributed by atoms with Crippen molar-refractivity contribution in [3.8, 4) is 10.4 Å². The molecule has 238 valence electrons. The lowest BCUT2D eigenvalue weighted by atomic mass is 9.91. The second-order valence-electron chi connectivity index (χ2n) is 13.3. The largest absolute Gasteiger partial charge is 0.391 e. The van der Waals surface area contributed by atoms with Crippen LogP contribution < -0.4 is 10.6 Å². The van der Waals surface area contributed by atoms with Crippen LogP contribution in [-0.4, -0.2) is 51.0 Å². The Hall–Kier alpha value is -2.78. The summed E-state index contributed by atoms with van der Waals surface area (Å²) in [5.74, 6) is -1.02. The number of carbonyl (C=O) groups excluding carboxylic acids is 3. The lowest BCUT2D eigenvalue weighted by molar-refractivity contribution is -0.151. The molecule has 1 aliphatic heterocycles. The normalized spacial score (nSPS) is 19.3. The third-order valence-corrected chi connectivity index (χ3v) is 9.09. The van der Waals surface area contributed by atoms with Gasteiger partial charge >= 0.3 is 0 Å². The molecule has 3 N–H and O–H groups in total. The number of β-amino-alcohol motifs (C(OH)–C–C–N with tert-alkyl or cyclic N) is 1. The van der Waals surface area contributed by atoms with E-state index in [0.29, 0.717) is 0 Å². The molecule has 9 heteroatoms. The van der Waals surface area contributed by atoms with E-state index in [4.69, 9.17) is 0 Å². The third kappa shape index (κ3) is 9.86. The summed E-state index contributed by atoms with van der Waals surface area (Å²) in [7, 11) is 0. The number of amides is 3. The van der Waals surface area contributed by atoms with Gasteiger partial charge in [0, 0.05) is 25.8 Å². The standard InChI is InChI=1S/C34H52N4O4S/c1-7-8-9-10-11-12-13-14-15-29(40)37-34(20-28(39)22-38(34)30(41)21-33(4,5)6)32(42)36-24(2)26-16-18-27(19-17-26)31-25(3)35-23-43-31/h16-19,23-24,28,39H,7-15,20-22H2,1-6H3,(H,36,42)(H,37,40)/t24-,28?,34?/m0/s1. The van der Waals surface area contributed by atoms with Gasteiger partial charge in [-0.05, 0) is 36.8 Å². The summed E-state index contributed by atoms with van der Waals surface area (Å²) < 4.78 is 0. The number of aromatic nitrogens is 1. The zero-order valence-corrected chi connectivity index (χ0v) is 27.8. The molecule has 0 spiro atoms. The molecule has 2 heterocycles. The Balaban J connectivity index is 1.74. The van der Waals surface area contributed by atoms with E-state index >= 15 is 0 Å². The maximum Gasteiger partial charge on any atom is 0.267 e. The monoisotopic (exact) mass is 612 g/mol. The van der Waals surface area contributed by atoms with E-state index < -0.39 is 17.7 Å². The number of aliphatic hydroxyl groups is 1. The van der Waals surface area contributed by atoms with Crippen molar-refractivity contribution in [1.82, 2.24) is 20.5 Å². The van der Waals surface area contributed by atoms with Gasteiger partial charge in [0.2, 0.25) is 11.8 Å². The van der Waals surface area contributed by atoms with Crippen molar-refractivity contribution in [1.29, 1.82) is 0 Å². The Bertz CT molecular complexity index is 1210. The number of unbranched alkanes of at least 4 members (excludes halogenated alkanes) is 7. The van der Waals surface area contributed by atoms with Crippen LogP contribution in [0.4, 0.5) is 0 Å². The quantitative estimate of drug-likeness (QED) is 0.195. The molecule has 0 saturated carbocycles. The molecule has 0 aliphatic carbocycles. The summed E-state index contributed by atoms with van der Waals surface area (Å²) in [6, 6.07) is 7.58. The average molecular weight is 613 g/mol. The number of rotatable bonds is 15. The molecule has 3 atom stereocenters. The van der Waals surface area contributed by atoms with Gasteiger partial charge in [-0.1, -0.05) is 96.9 Å². The number of aliphatic hydroxyl groups excluding tert-OH is 1. The number of carbonyl (C=O) groups is 3. The van der Waals surface area contributed by atoms with Gasteiger partial charge in [-0.2, -0.15) is 0 Å². The van der Waals surface area contributed by atoms with Crippen molar-refractivity contribution >= 4 is 29.1 Å². The second kappa shape index (κ2) is 15.8. The highest BCUT2D eigenvalue weighted by molar-refractivity contribution is 7.13. The maximum atomic E-state index is 14.1. The van der Waals surface area contributed by atoms with Crippen molar-refractivity contribution in [2.45, 2.75) is 130 Å². The predicted octanol–water partition coefficient (Wildman–Crippen LogP) is 6.67. The molecule has 0 radical (unpaired) electrons. The van der Waals surface area contributed by atoms with E-state index in [2.05, 4.69) is 22.5 Å². The highest BCUT2D eigenvalue weighted by atomic mass is 32.1. The molecule has 1 saturated heterocycles. The van der Waals surface area contributed by atoms with E-state index in [0.717, 1.165) is 47.4 Å². The summed E-state index contributed by atoms with van der Waals surface area (Å²) in [5.41, 5.74) is 2.79. The van der Waals surface area contributed by atoms with E-state index in [9.17, 15) is 19.5 Å². The lowest BCUT2D eigenvalue weighted by Crippen LogP contribution is -2.67. The van der Waals surface area contributed by atoms with Gasteiger partial charge in [-0.3, -0.25) is 14.4 Å². The summed E-state index contributed by atoms with van der Waals surface area (Å²) in [5, 5.41) is 16.7. The number of hydrogen-bond acceptors (Lipinski definition) is 6. The van der Waals surface area contributed by atoms with Gasteiger partial charge in [-0.25, -0.2) is 4.98 Å². The zero-order valence-electron chi connectivity index (χ0n) is 27.0. The SMILES string of the molecule is CCCCCCCCCCC(=O)NC1(C(=O)N[C@@H](C)c2ccc(-c3scnc3C)cc2)CC(O)CN1C(=O)CC(C)(C)C. The lowest BCUT2D eigenvalue weighted by Gasteiger charge is -2.39. The van der Waals surface area contributed by atoms with Crippen LogP contribution in [0.1, 0.15) is 123 Å². The fraction of sp³-hybridized carbons (Fsp3) is 0.647. The molecule has 1 aliphatic rings. The smallest absolute Gasteiger partial charge is 0.267 e. The molecule has 8 nitrogen and oxygen atoms in total.